The molecule has 0 bridgehead atoms. The number of thiol groups is 1. The largest absolute Gasteiger partial charge is 0.573 e. The first-order valence-corrected chi connectivity index (χ1v) is 14.6. The van der Waals surface area contributed by atoms with Gasteiger partial charge in [0.1, 0.15) is 16.5 Å². The third-order valence-electron chi connectivity index (χ3n) is 6.62. The third-order valence-corrected chi connectivity index (χ3v) is 7.19. The Hall–Kier alpha value is -2.50. The number of rotatable bonds is 15. The lowest BCUT2D eigenvalue weighted by Crippen LogP contribution is -2.43. The number of carbonyl (C=O) groups excluding carboxylic acids is 2. The van der Waals surface area contributed by atoms with Gasteiger partial charge in [-0.15, -0.1) is 13.2 Å². The van der Waals surface area contributed by atoms with E-state index in [1.807, 2.05) is 6.92 Å². The van der Waals surface area contributed by atoms with E-state index >= 15 is 0 Å². The van der Waals surface area contributed by atoms with Crippen LogP contribution in [0.15, 0.2) is 24.3 Å². The van der Waals surface area contributed by atoms with Gasteiger partial charge in [0.05, 0.1) is 5.75 Å². The van der Waals surface area contributed by atoms with Crippen LogP contribution in [-0.2, 0) is 20.3 Å². The summed E-state index contributed by atoms with van der Waals surface area (Å²) in [5.41, 5.74) is 0.571. The number of alkyl halides is 3. The highest BCUT2D eigenvalue weighted by Gasteiger charge is 2.31. The highest BCUT2D eigenvalue weighted by atomic mass is 32.2. The van der Waals surface area contributed by atoms with E-state index in [-0.39, 0.29) is 42.3 Å². The van der Waals surface area contributed by atoms with Gasteiger partial charge in [-0.05, 0) is 49.9 Å². The smallest absolute Gasteiger partial charge is 0.406 e. The Morgan fingerprint density at radius 2 is 1.76 bits per heavy atom. The molecule has 0 heterocycles. The van der Waals surface area contributed by atoms with Crippen LogP contribution in [0.2, 0.25) is 0 Å². The molecular formula is C26H40F3N3O5S. The zero-order chi connectivity index (χ0) is 28.1. The number of hydrogen-bond acceptors (Lipinski definition) is 6. The fraction of sp³-hybridized carbons (Fsp3) is 0.692. The van der Waals surface area contributed by atoms with Crippen LogP contribution >= 0.6 is 0 Å². The van der Waals surface area contributed by atoms with Gasteiger partial charge < -0.3 is 20.3 Å². The number of anilines is 1. The number of hydrogen-bond donors (Lipinski definition) is 3. The van der Waals surface area contributed by atoms with Gasteiger partial charge in [-0.2, -0.15) is 0 Å². The maximum Gasteiger partial charge on any atom is 0.573 e. The monoisotopic (exact) mass is 563 g/mol. The van der Waals surface area contributed by atoms with E-state index in [1.165, 1.54) is 35.6 Å². The second-order valence-corrected chi connectivity index (χ2v) is 11.1. The number of halogens is 3. The fourth-order valence-electron chi connectivity index (χ4n) is 4.74. The van der Waals surface area contributed by atoms with E-state index in [0.29, 0.717) is 37.5 Å². The van der Waals surface area contributed by atoms with Crippen LogP contribution in [-0.4, -0.2) is 62.9 Å². The van der Waals surface area contributed by atoms with Crippen molar-refractivity contribution in [3.05, 3.63) is 24.3 Å². The van der Waals surface area contributed by atoms with Crippen molar-refractivity contribution in [1.82, 2.24) is 10.2 Å². The van der Waals surface area contributed by atoms with Crippen LogP contribution in [0.5, 0.6) is 5.75 Å². The van der Waals surface area contributed by atoms with Crippen molar-refractivity contribution >= 4 is 28.2 Å². The molecule has 216 valence electrons. The molecule has 38 heavy (non-hydrogen) atoms. The topological polar surface area (TPSA) is 105 Å². The van der Waals surface area contributed by atoms with Gasteiger partial charge in [0, 0.05) is 43.7 Å². The summed E-state index contributed by atoms with van der Waals surface area (Å²) in [6.45, 7) is 4.60. The molecule has 12 heteroatoms. The second-order valence-electron chi connectivity index (χ2n) is 9.94. The van der Waals surface area contributed by atoms with Gasteiger partial charge >= 0.3 is 6.36 Å². The van der Waals surface area contributed by atoms with Gasteiger partial charge in [-0.3, -0.25) is 9.59 Å². The average Bonchev–Trinajstić information content (AvgIpc) is 2.85. The number of nitrogens with zero attached hydrogens (tertiary/aromatic N) is 1. The number of carbonyl (C=O) groups is 2. The Morgan fingerprint density at radius 3 is 2.34 bits per heavy atom. The van der Waals surface area contributed by atoms with Crippen LogP contribution < -0.4 is 15.4 Å². The molecule has 1 saturated carbocycles. The predicted octanol–water partition coefficient (Wildman–Crippen LogP) is 4.33. The zero-order valence-electron chi connectivity index (χ0n) is 22.1. The summed E-state index contributed by atoms with van der Waals surface area (Å²) < 4.78 is 63.0. The Balaban J connectivity index is 1.98. The van der Waals surface area contributed by atoms with Crippen molar-refractivity contribution in [2.75, 3.05) is 30.7 Å². The molecule has 0 aliphatic heterocycles. The van der Waals surface area contributed by atoms with E-state index in [0.717, 1.165) is 25.7 Å². The fourth-order valence-corrected chi connectivity index (χ4v) is 5.14. The summed E-state index contributed by atoms with van der Waals surface area (Å²) >= 11 is 0. The zero-order valence-corrected chi connectivity index (χ0v) is 23.0. The van der Waals surface area contributed by atoms with Gasteiger partial charge in [-0.1, -0.05) is 39.0 Å². The summed E-state index contributed by atoms with van der Waals surface area (Å²) in [6, 6.07) is 5.01. The molecule has 0 radical (unpaired) electrons. The molecule has 0 aromatic heterocycles. The molecule has 1 aliphatic carbocycles. The molecule has 2 N–H and O–H groups in total. The van der Waals surface area contributed by atoms with Gasteiger partial charge in [0.15, 0.2) is 0 Å². The van der Waals surface area contributed by atoms with Gasteiger partial charge in [0.25, 0.3) is 0 Å². The average molecular weight is 564 g/mol. The summed E-state index contributed by atoms with van der Waals surface area (Å²) in [5, 5.41) is 6.05. The van der Waals surface area contributed by atoms with Crippen LogP contribution in [0.1, 0.15) is 65.2 Å². The third kappa shape index (κ3) is 12.4. The van der Waals surface area contributed by atoms with E-state index in [9.17, 15) is 31.2 Å². The first-order valence-electron chi connectivity index (χ1n) is 13.3. The number of ether oxygens (including phenoxy) is 1. The number of amides is 2. The maximum atomic E-state index is 13.3. The van der Waals surface area contributed by atoms with Crippen LogP contribution in [0.4, 0.5) is 18.9 Å². The lowest BCUT2D eigenvalue weighted by molar-refractivity contribution is -0.274. The Bertz CT molecular complexity index is 942. The van der Waals surface area contributed by atoms with E-state index < -0.39 is 23.0 Å². The highest BCUT2D eigenvalue weighted by Crippen LogP contribution is 2.31. The highest BCUT2D eigenvalue weighted by molar-refractivity contribution is 7.72. The van der Waals surface area contributed by atoms with Crippen LogP contribution in [0, 0.1) is 11.8 Å². The van der Waals surface area contributed by atoms with Crippen LogP contribution in [0.25, 0.3) is 0 Å². The molecule has 2 rings (SSSR count). The van der Waals surface area contributed by atoms with Crippen molar-refractivity contribution in [3.8, 4) is 5.75 Å². The minimum absolute atomic E-state index is 0.0266. The summed E-state index contributed by atoms with van der Waals surface area (Å²) in [4.78, 5) is 27.9. The molecule has 0 saturated heterocycles. The predicted molar refractivity (Wildman–Crippen MR) is 141 cm³/mol. The normalized spacial score (nSPS) is 16.1. The first-order chi connectivity index (χ1) is 18.0. The molecule has 1 aromatic carbocycles. The number of benzene rings is 1. The lowest BCUT2D eigenvalue weighted by atomic mass is 9.81. The Kier molecular flexibility index (Phi) is 13.2. The standard InChI is InChI=1S/C26H40F3N3O5S/c1-3-13-32(14-15-38(35)36)24(33)17-21(16-20-7-5-4-6-8-20)25(34)31-19(2)18-30-22-9-11-23(12-10-22)37-26(27,28)29/h9-12,19-21,30,38H,3-8,13-18H2,1-2H3,(H,31,34)/t19-,21+/m0/s1. The summed E-state index contributed by atoms with van der Waals surface area (Å²) in [6.07, 6.45) is 2.01. The van der Waals surface area contributed by atoms with E-state index in [1.54, 1.807) is 6.92 Å². The van der Waals surface area contributed by atoms with Crippen molar-refractivity contribution in [2.45, 2.75) is 77.6 Å². The van der Waals surface area contributed by atoms with Crippen molar-refractivity contribution < 1.29 is 35.9 Å². The molecular weight excluding hydrogens is 523 g/mol. The molecule has 2 atom stereocenters. The van der Waals surface area contributed by atoms with Gasteiger partial charge in [-0.25, -0.2) is 8.42 Å². The quantitative estimate of drug-likeness (QED) is 0.275. The van der Waals surface area contributed by atoms with Crippen molar-refractivity contribution in [1.29, 1.82) is 0 Å². The molecule has 2 amide bonds. The van der Waals surface area contributed by atoms with Crippen molar-refractivity contribution in [2.24, 2.45) is 11.8 Å². The summed E-state index contributed by atoms with van der Waals surface area (Å²) in [7, 11) is -2.60. The molecule has 1 fully saturated rings. The van der Waals surface area contributed by atoms with E-state index in [4.69, 9.17) is 0 Å². The maximum absolute atomic E-state index is 13.3. The molecule has 1 aliphatic rings. The van der Waals surface area contributed by atoms with Crippen LogP contribution in [0.3, 0.4) is 0 Å². The van der Waals surface area contributed by atoms with Gasteiger partial charge in [0.2, 0.25) is 11.8 Å². The molecule has 0 spiro atoms. The Labute approximate surface area is 224 Å². The minimum atomic E-state index is -4.76. The minimum Gasteiger partial charge on any atom is -0.406 e. The second kappa shape index (κ2) is 15.8. The molecule has 8 nitrogen and oxygen atoms in total. The Morgan fingerprint density at radius 1 is 1.11 bits per heavy atom. The van der Waals surface area contributed by atoms with E-state index in [2.05, 4.69) is 15.4 Å². The molecule has 0 unspecified atom stereocenters. The first kappa shape index (κ1) is 31.7. The van der Waals surface area contributed by atoms with Crippen molar-refractivity contribution in [3.63, 3.8) is 0 Å². The lowest BCUT2D eigenvalue weighted by Gasteiger charge is -2.29. The SMILES string of the molecule is CCCN(CC[SH](=O)=O)C(=O)C[C@@H](CC1CCCCC1)C(=O)N[C@@H](C)CNc1ccc(OC(F)(F)F)cc1. The molecule has 1 aromatic rings. The number of nitrogens with one attached hydrogen (secondary N) is 2. The summed E-state index contributed by atoms with van der Waals surface area (Å²) in [5.74, 6) is -1.02.